The molecule has 112 valence electrons. The molecule has 7 heteroatoms. The Morgan fingerprint density at radius 1 is 1.27 bits per heavy atom. The molecule has 0 aliphatic carbocycles. The van der Waals surface area contributed by atoms with E-state index in [-0.39, 0.29) is 11.5 Å². The lowest BCUT2D eigenvalue weighted by Crippen LogP contribution is -2.07. The maximum Gasteiger partial charge on any atom is 0.277 e. The van der Waals surface area contributed by atoms with Gasteiger partial charge in [0.25, 0.3) is 5.22 Å². The van der Waals surface area contributed by atoms with Crippen LogP contribution in [0.5, 0.6) is 0 Å². The molecule has 5 nitrogen and oxygen atoms in total. The Balaban J connectivity index is 1.66. The molecule has 0 saturated heterocycles. The highest BCUT2D eigenvalue weighted by Gasteiger charge is 2.13. The van der Waals surface area contributed by atoms with Crippen LogP contribution in [-0.2, 0) is 7.05 Å². The molecule has 1 aromatic carbocycles. The van der Waals surface area contributed by atoms with Crippen molar-refractivity contribution in [2.24, 2.45) is 7.05 Å². The largest absolute Gasteiger partial charge is 0.411 e. The second-order valence-corrected chi connectivity index (χ2v) is 5.96. The number of thioether (sulfide) groups is 1. The molecule has 0 radical (unpaired) electrons. The van der Waals surface area contributed by atoms with E-state index in [9.17, 15) is 4.79 Å². The third-order valence-corrected chi connectivity index (χ3v) is 4.12. The number of aromatic nitrogens is 3. The van der Waals surface area contributed by atoms with E-state index in [1.54, 1.807) is 34.9 Å². The highest BCUT2D eigenvalue weighted by Crippen LogP contribution is 2.24. The molecule has 3 aromatic rings. The molecule has 0 saturated carbocycles. The van der Waals surface area contributed by atoms with Gasteiger partial charge in [0.15, 0.2) is 5.78 Å². The van der Waals surface area contributed by atoms with Gasteiger partial charge in [-0.3, -0.25) is 4.79 Å². The fraction of sp³-hybridized carbons (Fsp3) is 0.133. The minimum atomic E-state index is 0.0174. The number of carbonyl (C=O) groups excluding carboxylic acids is 1. The summed E-state index contributed by atoms with van der Waals surface area (Å²) in [5, 5.41) is 8.93. The van der Waals surface area contributed by atoms with Crippen LogP contribution in [0.25, 0.3) is 11.5 Å². The summed E-state index contributed by atoms with van der Waals surface area (Å²) < 4.78 is 7.33. The van der Waals surface area contributed by atoms with Crippen LogP contribution in [0.4, 0.5) is 0 Å². The third-order valence-electron chi connectivity index (χ3n) is 3.05. The van der Waals surface area contributed by atoms with E-state index < -0.39 is 0 Å². The van der Waals surface area contributed by atoms with Crippen molar-refractivity contribution in [1.29, 1.82) is 0 Å². The van der Waals surface area contributed by atoms with Crippen LogP contribution >= 0.6 is 23.4 Å². The summed E-state index contributed by atoms with van der Waals surface area (Å²) in [6.45, 7) is 0. The smallest absolute Gasteiger partial charge is 0.277 e. The number of carbonyl (C=O) groups is 1. The summed E-state index contributed by atoms with van der Waals surface area (Å²) in [6.07, 6.45) is 1.84. The van der Waals surface area contributed by atoms with Gasteiger partial charge in [0.05, 0.1) is 11.4 Å². The summed E-state index contributed by atoms with van der Waals surface area (Å²) in [4.78, 5) is 12.1. The van der Waals surface area contributed by atoms with Gasteiger partial charge in [0, 0.05) is 23.8 Å². The third kappa shape index (κ3) is 3.23. The lowest BCUT2D eigenvalue weighted by molar-refractivity contribution is 0.101. The molecule has 0 aliphatic rings. The van der Waals surface area contributed by atoms with Crippen molar-refractivity contribution in [3.05, 3.63) is 53.3 Å². The number of nitrogens with zero attached hydrogens (tertiary/aromatic N) is 3. The molecular weight excluding hydrogens is 322 g/mol. The predicted octanol–water partition coefficient (Wildman–Crippen LogP) is 3.70. The summed E-state index contributed by atoms with van der Waals surface area (Å²) in [5.41, 5.74) is 1.45. The molecule has 0 spiro atoms. The van der Waals surface area contributed by atoms with Crippen molar-refractivity contribution in [3.63, 3.8) is 0 Å². The maximum atomic E-state index is 12.1. The van der Waals surface area contributed by atoms with Crippen molar-refractivity contribution in [2.75, 3.05) is 5.75 Å². The van der Waals surface area contributed by atoms with Gasteiger partial charge in [-0.2, -0.15) is 0 Å². The van der Waals surface area contributed by atoms with Crippen molar-refractivity contribution in [2.45, 2.75) is 5.22 Å². The molecule has 2 heterocycles. The lowest BCUT2D eigenvalue weighted by atomic mass is 10.2. The van der Waals surface area contributed by atoms with E-state index in [2.05, 4.69) is 10.2 Å². The molecule has 0 atom stereocenters. The fourth-order valence-corrected chi connectivity index (χ4v) is 2.69. The summed E-state index contributed by atoms with van der Waals surface area (Å²) in [6, 6.07) is 10.7. The Morgan fingerprint density at radius 3 is 2.73 bits per heavy atom. The molecule has 0 fully saturated rings. The maximum absolute atomic E-state index is 12.1. The van der Waals surface area contributed by atoms with E-state index in [1.165, 1.54) is 11.8 Å². The van der Waals surface area contributed by atoms with Gasteiger partial charge in [-0.15, -0.1) is 10.2 Å². The van der Waals surface area contributed by atoms with Gasteiger partial charge in [-0.05, 0) is 36.4 Å². The van der Waals surface area contributed by atoms with Crippen LogP contribution in [0.2, 0.25) is 5.02 Å². The van der Waals surface area contributed by atoms with Gasteiger partial charge in [0.1, 0.15) is 0 Å². The molecule has 0 N–H and O–H groups in total. The van der Waals surface area contributed by atoms with Crippen LogP contribution in [0.1, 0.15) is 10.5 Å². The van der Waals surface area contributed by atoms with Crippen LogP contribution in [0, 0.1) is 0 Å². The number of rotatable bonds is 5. The monoisotopic (exact) mass is 333 g/mol. The molecule has 0 unspecified atom stereocenters. The van der Waals surface area contributed by atoms with E-state index in [0.29, 0.717) is 21.8 Å². The van der Waals surface area contributed by atoms with Crippen molar-refractivity contribution in [3.8, 4) is 11.5 Å². The zero-order chi connectivity index (χ0) is 15.5. The number of hydrogen-bond donors (Lipinski definition) is 0. The van der Waals surface area contributed by atoms with Gasteiger partial charge in [-0.1, -0.05) is 23.4 Å². The first-order chi connectivity index (χ1) is 10.6. The first-order valence-electron chi connectivity index (χ1n) is 6.50. The van der Waals surface area contributed by atoms with Crippen LogP contribution < -0.4 is 0 Å². The van der Waals surface area contributed by atoms with Gasteiger partial charge >= 0.3 is 0 Å². The molecule has 0 aliphatic heterocycles. The second kappa shape index (κ2) is 6.37. The van der Waals surface area contributed by atoms with E-state index in [1.807, 2.05) is 19.3 Å². The van der Waals surface area contributed by atoms with Crippen molar-refractivity contribution >= 4 is 29.1 Å². The quantitative estimate of drug-likeness (QED) is 0.526. The first kappa shape index (κ1) is 14.9. The summed E-state index contributed by atoms with van der Waals surface area (Å²) in [5.74, 6) is 0.675. The minimum absolute atomic E-state index is 0.0174. The van der Waals surface area contributed by atoms with Gasteiger partial charge < -0.3 is 8.98 Å². The molecule has 2 aromatic heterocycles. The molecule has 0 amide bonds. The number of hydrogen-bond acceptors (Lipinski definition) is 5. The number of ketones is 1. The van der Waals surface area contributed by atoms with E-state index in [0.717, 1.165) is 5.56 Å². The Kier molecular flexibility index (Phi) is 4.31. The number of halogens is 1. The summed E-state index contributed by atoms with van der Waals surface area (Å²) >= 11 is 7.07. The Labute approximate surface area is 136 Å². The average molecular weight is 334 g/mol. The lowest BCUT2D eigenvalue weighted by Gasteiger charge is -2.00. The number of benzene rings is 1. The van der Waals surface area contributed by atoms with Crippen molar-refractivity contribution < 1.29 is 9.21 Å². The van der Waals surface area contributed by atoms with Gasteiger partial charge in [0.2, 0.25) is 5.89 Å². The molecular formula is C15H12ClN3O2S. The van der Waals surface area contributed by atoms with Crippen LogP contribution in [-0.4, -0.2) is 26.3 Å². The van der Waals surface area contributed by atoms with Crippen LogP contribution in [0.3, 0.4) is 0 Å². The normalized spacial score (nSPS) is 10.8. The molecule has 3 rings (SSSR count). The van der Waals surface area contributed by atoms with E-state index in [4.69, 9.17) is 16.0 Å². The Morgan fingerprint density at radius 2 is 2.05 bits per heavy atom. The SMILES string of the molecule is Cn1cccc1C(=O)CSc1nnc(-c2ccc(Cl)cc2)o1. The first-order valence-corrected chi connectivity index (χ1v) is 7.86. The standard InChI is InChI=1S/C15H12ClN3O2S/c1-19-8-2-3-12(19)13(20)9-22-15-18-17-14(21-15)10-4-6-11(16)7-5-10/h2-8H,9H2,1H3. The highest BCUT2D eigenvalue weighted by molar-refractivity contribution is 7.99. The average Bonchev–Trinajstić information content (AvgIpc) is 3.14. The number of aryl methyl sites for hydroxylation is 1. The Bertz CT molecular complexity index is 795. The van der Waals surface area contributed by atoms with E-state index >= 15 is 0 Å². The Hall–Kier alpha value is -2.05. The van der Waals surface area contributed by atoms with Crippen molar-refractivity contribution in [1.82, 2.24) is 14.8 Å². The predicted molar refractivity (Wildman–Crippen MR) is 85.2 cm³/mol. The summed E-state index contributed by atoms with van der Waals surface area (Å²) in [7, 11) is 1.84. The second-order valence-electron chi connectivity index (χ2n) is 4.60. The highest BCUT2D eigenvalue weighted by atomic mass is 35.5. The molecule has 22 heavy (non-hydrogen) atoms. The fourth-order valence-electron chi connectivity index (χ4n) is 1.93. The minimum Gasteiger partial charge on any atom is -0.411 e. The van der Waals surface area contributed by atoms with Crippen LogP contribution in [0.15, 0.2) is 52.2 Å². The molecule has 0 bridgehead atoms. The zero-order valence-electron chi connectivity index (χ0n) is 11.7. The number of Topliss-reactive ketones (excluding diaryl/α,β-unsaturated/α-hetero) is 1. The zero-order valence-corrected chi connectivity index (χ0v) is 13.3. The van der Waals surface area contributed by atoms with Gasteiger partial charge in [-0.25, -0.2) is 0 Å². The topological polar surface area (TPSA) is 60.9 Å².